The van der Waals surface area contributed by atoms with E-state index >= 15 is 0 Å². The normalized spacial score (nSPS) is 10.2. The fourth-order valence-electron chi connectivity index (χ4n) is 1.75. The van der Waals surface area contributed by atoms with Gasteiger partial charge in [0, 0.05) is 23.9 Å². The van der Waals surface area contributed by atoms with E-state index in [1.807, 2.05) is 25.1 Å². The Morgan fingerprint density at radius 3 is 2.71 bits per heavy atom. The number of non-ortho nitro benzene ring substituents is 1. The van der Waals surface area contributed by atoms with Crippen LogP contribution in [-0.4, -0.2) is 9.91 Å². The SMILES string of the molecule is CCc1ccc([N+](=O)[O-])cc1-c1ccccn1. The summed E-state index contributed by atoms with van der Waals surface area (Å²) in [5.74, 6) is 0. The second kappa shape index (κ2) is 4.74. The summed E-state index contributed by atoms with van der Waals surface area (Å²) in [6.45, 7) is 2.02. The molecular weight excluding hydrogens is 216 g/mol. The molecule has 0 aliphatic carbocycles. The molecule has 0 aliphatic rings. The molecule has 0 aliphatic heterocycles. The third-order valence-electron chi connectivity index (χ3n) is 2.63. The number of aromatic nitrogens is 1. The summed E-state index contributed by atoms with van der Waals surface area (Å²) in [7, 11) is 0. The molecule has 1 aromatic heterocycles. The van der Waals surface area contributed by atoms with E-state index < -0.39 is 0 Å². The van der Waals surface area contributed by atoms with Crippen molar-refractivity contribution in [3.8, 4) is 11.3 Å². The molecular formula is C13H12N2O2. The van der Waals surface area contributed by atoms with Crippen LogP contribution in [0.25, 0.3) is 11.3 Å². The van der Waals surface area contributed by atoms with Gasteiger partial charge in [0.15, 0.2) is 0 Å². The molecule has 4 nitrogen and oxygen atoms in total. The van der Waals surface area contributed by atoms with Gasteiger partial charge in [-0.3, -0.25) is 15.1 Å². The van der Waals surface area contributed by atoms with Crippen molar-refractivity contribution in [1.82, 2.24) is 4.98 Å². The zero-order chi connectivity index (χ0) is 12.3. The number of rotatable bonds is 3. The average Bonchev–Trinajstić information content (AvgIpc) is 2.39. The van der Waals surface area contributed by atoms with Crippen molar-refractivity contribution in [2.45, 2.75) is 13.3 Å². The molecule has 2 aromatic rings. The van der Waals surface area contributed by atoms with Gasteiger partial charge in [0.1, 0.15) is 0 Å². The Balaban J connectivity index is 2.58. The summed E-state index contributed by atoms with van der Waals surface area (Å²) in [4.78, 5) is 14.6. The van der Waals surface area contributed by atoms with Gasteiger partial charge in [-0.25, -0.2) is 0 Å². The minimum atomic E-state index is -0.383. The molecule has 1 heterocycles. The summed E-state index contributed by atoms with van der Waals surface area (Å²) in [5.41, 5.74) is 2.77. The molecule has 86 valence electrons. The Labute approximate surface area is 99.1 Å². The summed E-state index contributed by atoms with van der Waals surface area (Å²) in [6.07, 6.45) is 2.51. The van der Waals surface area contributed by atoms with Gasteiger partial charge in [0.2, 0.25) is 0 Å². The maximum Gasteiger partial charge on any atom is 0.270 e. The van der Waals surface area contributed by atoms with Crippen molar-refractivity contribution in [2.75, 3.05) is 0 Å². The van der Waals surface area contributed by atoms with Crippen molar-refractivity contribution >= 4 is 5.69 Å². The van der Waals surface area contributed by atoms with Crippen LogP contribution in [0.15, 0.2) is 42.6 Å². The maximum atomic E-state index is 10.8. The summed E-state index contributed by atoms with van der Waals surface area (Å²) >= 11 is 0. The van der Waals surface area contributed by atoms with E-state index in [-0.39, 0.29) is 10.6 Å². The van der Waals surface area contributed by atoms with Crippen LogP contribution in [-0.2, 0) is 6.42 Å². The van der Waals surface area contributed by atoms with Crippen LogP contribution in [0.3, 0.4) is 0 Å². The third-order valence-corrected chi connectivity index (χ3v) is 2.63. The molecule has 2 rings (SSSR count). The first kappa shape index (κ1) is 11.3. The van der Waals surface area contributed by atoms with Crippen LogP contribution in [0.2, 0.25) is 0 Å². The van der Waals surface area contributed by atoms with Gasteiger partial charge in [-0.2, -0.15) is 0 Å². The molecule has 0 saturated carbocycles. The number of nitro groups is 1. The zero-order valence-corrected chi connectivity index (χ0v) is 9.46. The smallest absolute Gasteiger partial charge is 0.258 e. The van der Waals surface area contributed by atoms with Crippen molar-refractivity contribution in [1.29, 1.82) is 0 Å². The first-order valence-corrected chi connectivity index (χ1v) is 5.41. The first-order valence-electron chi connectivity index (χ1n) is 5.41. The predicted molar refractivity (Wildman–Crippen MR) is 65.7 cm³/mol. The predicted octanol–water partition coefficient (Wildman–Crippen LogP) is 3.22. The quantitative estimate of drug-likeness (QED) is 0.598. The topological polar surface area (TPSA) is 56.0 Å². The molecule has 0 N–H and O–H groups in total. The highest BCUT2D eigenvalue weighted by Crippen LogP contribution is 2.26. The Bertz CT molecular complexity index is 538. The molecule has 0 atom stereocenters. The zero-order valence-electron chi connectivity index (χ0n) is 9.46. The fraction of sp³-hybridized carbons (Fsp3) is 0.154. The van der Waals surface area contributed by atoms with Gasteiger partial charge in [0.05, 0.1) is 10.6 Å². The number of nitro benzene ring substituents is 1. The van der Waals surface area contributed by atoms with Crippen LogP contribution in [0.4, 0.5) is 5.69 Å². The molecule has 0 radical (unpaired) electrons. The van der Waals surface area contributed by atoms with Gasteiger partial charge in [0.25, 0.3) is 5.69 Å². The van der Waals surface area contributed by atoms with Gasteiger partial charge in [-0.1, -0.05) is 19.1 Å². The van der Waals surface area contributed by atoms with Gasteiger partial charge < -0.3 is 0 Å². The monoisotopic (exact) mass is 228 g/mol. The average molecular weight is 228 g/mol. The van der Waals surface area contributed by atoms with E-state index in [0.29, 0.717) is 0 Å². The lowest BCUT2D eigenvalue weighted by molar-refractivity contribution is -0.384. The minimum Gasteiger partial charge on any atom is -0.258 e. The number of hydrogen-bond acceptors (Lipinski definition) is 3. The lowest BCUT2D eigenvalue weighted by Crippen LogP contribution is -1.94. The Morgan fingerprint density at radius 1 is 1.29 bits per heavy atom. The van der Waals surface area contributed by atoms with Gasteiger partial charge in [-0.05, 0) is 24.1 Å². The van der Waals surface area contributed by atoms with E-state index in [1.165, 1.54) is 6.07 Å². The molecule has 1 aromatic carbocycles. The second-order valence-corrected chi connectivity index (χ2v) is 3.67. The lowest BCUT2D eigenvalue weighted by atomic mass is 10.0. The van der Waals surface area contributed by atoms with E-state index in [1.54, 1.807) is 18.3 Å². The molecule has 0 amide bonds. The molecule has 4 heteroatoms. The highest BCUT2D eigenvalue weighted by molar-refractivity contribution is 5.66. The number of hydrogen-bond donors (Lipinski definition) is 0. The summed E-state index contributed by atoms with van der Waals surface area (Å²) in [6, 6.07) is 10.5. The molecule has 0 spiro atoms. The number of nitrogens with zero attached hydrogens (tertiary/aromatic N) is 2. The van der Waals surface area contributed by atoms with Crippen molar-refractivity contribution < 1.29 is 4.92 Å². The highest BCUT2D eigenvalue weighted by Gasteiger charge is 2.11. The van der Waals surface area contributed by atoms with Crippen molar-refractivity contribution in [3.05, 3.63) is 58.3 Å². The van der Waals surface area contributed by atoms with Gasteiger partial charge in [-0.15, -0.1) is 0 Å². The van der Waals surface area contributed by atoms with Crippen LogP contribution >= 0.6 is 0 Å². The van der Waals surface area contributed by atoms with Crippen molar-refractivity contribution in [3.63, 3.8) is 0 Å². The van der Waals surface area contributed by atoms with Crippen molar-refractivity contribution in [2.24, 2.45) is 0 Å². The minimum absolute atomic E-state index is 0.0999. The van der Waals surface area contributed by atoms with Crippen LogP contribution in [0, 0.1) is 10.1 Å². The molecule has 0 unspecified atom stereocenters. The first-order chi connectivity index (χ1) is 8.22. The maximum absolute atomic E-state index is 10.8. The largest absolute Gasteiger partial charge is 0.270 e. The number of pyridine rings is 1. The van der Waals surface area contributed by atoms with Crippen LogP contribution in [0.5, 0.6) is 0 Å². The van der Waals surface area contributed by atoms with Crippen LogP contribution < -0.4 is 0 Å². The van der Waals surface area contributed by atoms with E-state index in [2.05, 4.69) is 4.98 Å². The number of aryl methyl sites for hydroxylation is 1. The Kier molecular flexibility index (Phi) is 3.14. The standard InChI is InChI=1S/C13H12N2O2/c1-2-10-6-7-11(15(16)17)9-12(10)13-5-3-4-8-14-13/h3-9H,2H2,1H3. The molecule has 0 saturated heterocycles. The number of benzene rings is 1. The fourth-order valence-corrected chi connectivity index (χ4v) is 1.75. The van der Waals surface area contributed by atoms with E-state index in [4.69, 9.17) is 0 Å². The van der Waals surface area contributed by atoms with E-state index in [9.17, 15) is 10.1 Å². The molecule has 17 heavy (non-hydrogen) atoms. The summed E-state index contributed by atoms with van der Waals surface area (Å²) < 4.78 is 0. The third kappa shape index (κ3) is 2.30. The van der Waals surface area contributed by atoms with E-state index in [0.717, 1.165) is 23.2 Å². The Morgan fingerprint density at radius 2 is 2.12 bits per heavy atom. The highest BCUT2D eigenvalue weighted by atomic mass is 16.6. The van der Waals surface area contributed by atoms with Gasteiger partial charge >= 0.3 is 0 Å². The Hall–Kier alpha value is -2.23. The molecule has 0 fully saturated rings. The lowest BCUT2D eigenvalue weighted by Gasteiger charge is -2.06. The second-order valence-electron chi connectivity index (χ2n) is 3.67. The summed E-state index contributed by atoms with van der Waals surface area (Å²) in [5, 5.41) is 10.8. The molecule has 0 bridgehead atoms. The van der Waals surface area contributed by atoms with Crippen LogP contribution in [0.1, 0.15) is 12.5 Å².